The number of aromatic hydroxyl groups is 2. The second-order valence-corrected chi connectivity index (χ2v) is 19.0. The average Bonchev–Trinajstić information content (AvgIpc) is 4.21. The number of hydrogen-bond acceptors (Lipinski definition) is 14. The molecule has 8 rings (SSSR count). The fraction of sp³-hybridized carbons (Fsp3) is 0.429. The lowest BCUT2D eigenvalue weighted by Crippen LogP contribution is -2.47. The van der Waals surface area contributed by atoms with Crippen LogP contribution in [0.2, 0.25) is 0 Å². The van der Waals surface area contributed by atoms with Crippen LogP contribution in [-0.4, -0.2) is 101 Å². The number of pyridine rings is 2. The Morgan fingerprint density at radius 2 is 1.14 bits per heavy atom. The Bertz CT molecular complexity index is 2630. The predicted molar refractivity (Wildman–Crippen MR) is 265 cm³/mol. The summed E-state index contributed by atoms with van der Waals surface area (Å²) >= 11 is 0. The molecule has 16 nitrogen and oxygen atoms in total. The summed E-state index contributed by atoms with van der Waals surface area (Å²) in [5.74, 6) is -2.54. The number of nitrogens with one attached hydrogen (secondary N) is 2. The van der Waals surface area contributed by atoms with Gasteiger partial charge in [0.05, 0.1) is 20.3 Å². The van der Waals surface area contributed by atoms with Crippen molar-refractivity contribution in [3.63, 3.8) is 0 Å². The van der Waals surface area contributed by atoms with Crippen LogP contribution in [0.1, 0.15) is 96.0 Å². The van der Waals surface area contributed by atoms with Crippen molar-refractivity contribution in [3.05, 3.63) is 138 Å². The number of methoxy groups -OCH3 is 2. The molecule has 16 heteroatoms. The number of esters is 2. The number of hydrogen-bond donors (Lipinski definition) is 4. The van der Waals surface area contributed by atoms with E-state index >= 15 is 0 Å². The summed E-state index contributed by atoms with van der Waals surface area (Å²) in [6.07, 6.45) is 6.79. The van der Waals surface area contributed by atoms with Crippen LogP contribution in [0.3, 0.4) is 0 Å². The zero-order chi connectivity index (χ0) is 50.6. The number of aromatic nitrogens is 2. The minimum absolute atomic E-state index is 0.0732. The fourth-order valence-electron chi connectivity index (χ4n) is 9.86. The molecule has 3 aliphatic rings. The van der Waals surface area contributed by atoms with E-state index in [4.69, 9.17) is 28.4 Å². The molecule has 4 N–H and O–H groups in total. The lowest BCUT2D eigenvalue weighted by molar-refractivity contribution is -0.161. The Morgan fingerprint density at radius 3 is 1.71 bits per heavy atom. The van der Waals surface area contributed by atoms with Crippen molar-refractivity contribution in [1.29, 1.82) is 0 Å². The van der Waals surface area contributed by atoms with Gasteiger partial charge in [-0.1, -0.05) is 85.6 Å². The van der Waals surface area contributed by atoms with E-state index in [1.54, 1.807) is 0 Å². The van der Waals surface area contributed by atoms with Gasteiger partial charge in [-0.15, -0.1) is 0 Å². The van der Waals surface area contributed by atoms with E-state index in [2.05, 4.69) is 44.9 Å². The lowest BCUT2D eigenvalue weighted by Gasteiger charge is -2.34. The van der Waals surface area contributed by atoms with Gasteiger partial charge in [0.25, 0.3) is 11.8 Å². The number of amides is 2. The highest BCUT2D eigenvalue weighted by Gasteiger charge is 2.40. The van der Waals surface area contributed by atoms with Crippen molar-refractivity contribution in [2.24, 2.45) is 17.8 Å². The van der Waals surface area contributed by atoms with E-state index in [1.165, 1.54) is 38.7 Å². The lowest BCUT2D eigenvalue weighted by atomic mass is 9.84. The number of para-hydroxylation sites is 1. The Kier molecular flexibility index (Phi) is 17.3. The first kappa shape index (κ1) is 51.2. The number of cyclic esters (lactones) is 2. The van der Waals surface area contributed by atoms with Crippen molar-refractivity contribution in [1.82, 2.24) is 20.6 Å². The quantitative estimate of drug-likeness (QED) is 0.0664. The summed E-state index contributed by atoms with van der Waals surface area (Å²) < 4.78 is 36.6. The molecule has 8 unspecified atom stereocenters. The van der Waals surface area contributed by atoms with Crippen LogP contribution in [0.25, 0.3) is 0 Å². The molecule has 1 saturated carbocycles. The van der Waals surface area contributed by atoms with Crippen LogP contribution in [0.4, 0.5) is 0 Å². The third-order valence-corrected chi connectivity index (χ3v) is 13.8. The van der Waals surface area contributed by atoms with Crippen LogP contribution >= 0.6 is 0 Å². The standard InChI is InChI=1S/C56H64N4O12/c1-34-51(69-33-36-23-24-36)39(17-11-21-42(55(65)70-34)59-53(63)47-49(61)44(67-2)25-27-57-47)31-37-15-10-16-38(29-37)32-46-52(71-41-19-8-5-9-20-41)40(30-35-13-6-4-7-14-35)18-12-22-43(56(66)72-46)60-54(64)48-50(62)45(68-3)26-28-58-48/h4-10,13-16,19-20,25-29,34,36,39-40,42-43,46,51-52,61-62H,11-12,17-18,21-24,30-33H2,1-3H3,(H,59,63)(H,60,64). The molecule has 2 saturated heterocycles. The molecule has 2 aromatic heterocycles. The van der Waals surface area contributed by atoms with Gasteiger partial charge in [0.2, 0.25) is 0 Å². The largest absolute Gasteiger partial charge is 0.503 e. The minimum atomic E-state index is -1.06. The Balaban J connectivity index is 1.06. The highest BCUT2D eigenvalue weighted by atomic mass is 16.6. The van der Waals surface area contributed by atoms with E-state index < -0.39 is 71.8 Å². The maximum atomic E-state index is 14.5. The Morgan fingerprint density at radius 1 is 0.625 bits per heavy atom. The van der Waals surface area contributed by atoms with E-state index in [0.717, 1.165) is 29.5 Å². The molecule has 2 aliphatic heterocycles. The summed E-state index contributed by atoms with van der Waals surface area (Å²) in [7, 11) is 2.74. The van der Waals surface area contributed by atoms with Crippen LogP contribution < -0.4 is 24.8 Å². The average molecular weight is 985 g/mol. The first-order valence-corrected chi connectivity index (χ1v) is 24.9. The van der Waals surface area contributed by atoms with Gasteiger partial charge in [-0.3, -0.25) is 9.59 Å². The summed E-state index contributed by atoms with van der Waals surface area (Å²) in [6, 6.07) is 28.6. The fourth-order valence-corrected chi connectivity index (χ4v) is 9.86. The molecule has 380 valence electrons. The molecule has 0 bridgehead atoms. The van der Waals surface area contributed by atoms with Crippen LogP contribution in [0.5, 0.6) is 28.7 Å². The second-order valence-electron chi connectivity index (χ2n) is 19.0. The SMILES string of the molecule is COc1ccnc(C(=O)NC2CCCC(Cc3cccc(CC4OC(=O)C(NC(=O)c5nccc(OC)c5O)CCCC(Cc5ccccc5)C4Oc4ccccc4)c3)C(OCC3CC3)C(C)OC2=O)c1O. The number of rotatable bonds is 17. The first-order chi connectivity index (χ1) is 35.0. The monoisotopic (exact) mass is 984 g/mol. The molecular formula is C56H64N4O12. The van der Waals surface area contributed by atoms with Crippen molar-refractivity contribution >= 4 is 23.8 Å². The summed E-state index contributed by atoms with van der Waals surface area (Å²) in [6.45, 7) is 2.37. The second kappa shape index (κ2) is 24.3. The smallest absolute Gasteiger partial charge is 0.329 e. The molecule has 1 aliphatic carbocycles. The van der Waals surface area contributed by atoms with Gasteiger partial charge in [0, 0.05) is 43.5 Å². The minimum Gasteiger partial charge on any atom is -0.503 e. The van der Waals surface area contributed by atoms with Gasteiger partial charge >= 0.3 is 11.9 Å². The number of ether oxygens (including phenoxy) is 6. The number of benzene rings is 3. The summed E-state index contributed by atoms with van der Waals surface area (Å²) in [4.78, 5) is 63.4. The molecule has 0 radical (unpaired) electrons. The molecular weight excluding hydrogens is 921 g/mol. The normalized spacial score (nSPS) is 23.8. The maximum Gasteiger partial charge on any atom is 0.329 e. The van der Waals surface area contributed by atoms with Crippen LogP contribution in [0, 0.1) is 17.8 Å². The van der Waals surface area contributed by atoms with Crippen molar-refractivity contribution in [2.45, 2.75) is 114 Å². The van der Waals surface area contributed by atoms with Gasteiger partial charge in [-0.25, -0.2) is 19.6 Å². The summed E-state index contributed by atoms with van der Waals surface area (Å²) in [5, 5.41) is 26.9. The zero-order valence-corrected chi connectivity index (χ0v) is 40.9. The third-order valence-electron chi connectivity index (χ3n) is 13.8. The van der Waals surface area contributed by atoms with Crippen molar-refractivity contribution < 1.29 is 57.8 Å². The summed E-state index contributed by atoms with van der Waals surface area (Å²) in [5.41, 5.74) is 2.47. The number of carbonyl (C=O) groups is 4. The van der Waals surface area contributed by atoms with E-state index in [-0.39, 0.29) is 54.0 Å². The first-order valence-electron chi connectivity index (χ1n) is 24.9. The number of nitrogens with zero attached hydrogens (tertiary/aromatic N) is 2. The van der Waals surface area contributed by atoms with E-state index in [9.17, 15) is 29.4 Å². The van der Waals surface area contributed by atoms with Gasteiger partial charge < -0.3 is 49.3 Å². The van der Waals surface area contributed by atoms with Crippen molar-refractivity contribution in [2.75, 3.05) is 20.8 Å². The molecule has 3 fully saturated rings. The molecule has 5 aromatic rings. The predicted octanol–water partition coefficient (Wildman–Crippen LogP) is 7.52. The van der Waals surface area contributed by atoms with Gasteiger partial charge in [0.1, 0.15) is 36.1 Å². The van der Waals surface area contributed by atoms with Crippen LogP contribution in [0.15, 0.2) is 109 Å². The highest BCUT2D eigenvalue weighted by molar-refractivity contribution is 5.98. The van der Waals surface area contributed by atoms with E-state index in [1.807, 2.05) is 67.6 Å². The van der Waals surface area contributed by atoms with Crippen LogP contribution in [-0.2, 0) is 43.1 Å². The molecule has 3 aromatic carbocycles. The van der Waals surface area contributed by atoms with Gasteiger partial charge in [0.15, 0.2) is 34.4 Å². The Hall–Kier alpha value is -7.20. The van der Waals surface area contributed by atoms with Gasteiger partial charge in [-0.2, -0.15) is 0 Å². The van der Waals surface area contributed by atoms with E-state index in [0.29, 0.717) is 56.8 Å². The van der Waals surface area contributed by atoms with Crippen molar-refractivity contribution in [3.8, 4) is 28.7 Å². The molecule has 2 amide bonds. The highest BCUT2D eigenvalue weighted by Crippen LogP contribution is 2.35. The van der Waals surface area contributed by atoms with Gasteiger partial charge in [-0.05, 0) is 98.9 Å². The zero-order valence-electron chi connectivity index (χ0n) is 40.9. The molecule has 72 heavy (non-hydrogen) atoms. The molecule has 8 atom stereocenters. The Labute approximate surface area is 419 Å². The number of carbonyl (C=O) groups excluding carboxylic acids is 4. The molecule has 0 spiro atoms. The third kappa shape index (κ3) is 13.2. The topological polar surface area (TPSA) is 214 Å². The maximum absolute atomic E-state index is 14.5. The molecule has 4 heterocycles.